The van der Waals surface area contributed by atoms with Gasteiger partial charge in [-0.25, -0.2) is 13.6 Å². The van der Waals surface area contributed by atoms with E-state index in [-0.39, 0.29) is 57.2 Å². The summed E-state index contributed by atoms with van der Waals surface area (Å²) in [5, 5.41) is 15.4. The molecule has 4 aromatic rings. The van der Waals surface area contributed by atoms with E-state index >= 15 is 4.39 Å². The third kappa shape index (κ3) is 5.51. The van der Waals surface area contributed by atoms with E-state index in [1.54, 1.807) is 14.1 Å². The topological polar surface area (TPSA) is 116 Å². The molecule has 13 heteroatoms. The minimum atomic E-state index is -0.752. The Morgan fingerprint density at radius 1 is 1.16 bits per heavy atom. The van der Waals surface area contributed by atoms with Crippen LogP contribution in [-0.2, 0) is 4.74 Å². The fourth-order valence-electron chi connectivity index (χ4n) is 8.52. The van der Waals surface area contributed by atoms with Gasteiger partial charge in [0, 0.05) is 62.5 Å². The van der Waals surface area contributed by atoms with E-state index in [0.717, 1.165) is 45.1 Å². The van der Waals surface area contributed by atoms with Crippen LogP contribution in [0.1, 0.15) is 44.1 Å². The van der Waals surface area contributed by atoms with Crippen LogP contribution in [0.2, 0.25) is 0 Å². The van der Waals surface area contributed by atoms with Crippen molar-refractivity contribution in [2.45, 2.75) is 62.2 Å². The van der Waals surface area contributed by atoms with Crippen LogP contribution in [0, 0.1) is 24.0 Å². The molecule has 2 bridgehead atoms. The summed E-state index contributed by atoms with van der Waals surface area (Å²) in [5.41, 5.74) is -0.282. The Morgan fingerprint density at radius 2 is 1.96 bits per heavy atom. The fourth-order valence-corrected chi connectivity index (χ4v) is 8.52. The van der Waals surface area contributed by atoms with E-state index in [0.29, 0.717) is 55.0 Å². The van der Waals surface area contributed by atoms with Crippen LogP contribution in [0.4, 0.5) is 19.4 Å². The Balaban J connectivity index is 1.18. The molecular formula is C37H39F2N7O4. The maximum atomic E-state index is 16.9. The summed E-state index contributed by atoms with van der Waals surface area (Å²) in [6, 6.07) is 6.22. The van der Waals surface area contributed by atoms with Crippen molar-refractivity contribution >= 4 is 33.6 Å². The van der Waals surface area contributed by atoms with Crippen LogP contribution in [0.5, 0.6) is 11.8 Å². The third-order valence-electron chi connectivity index (χ3n) is 10.9. The van der Waals surface area contributed by atoms with E-state index in [1.807, 2.05) is 0 Å². The van der Waals surface area contributed by atoms with E-state index in [4.69, 9.17) is 20.9 Å². The van der Waals surface area contributed by atoms with E-state index in [1.165, 1.54) is 35.4 Å². The summed E-state index contributed by atoms with van der Waals surface area (Å²) in [4.78, 5) is 32.1. The molecule has 11 nitrogen and oxygen atoms in total. The number of ether oxygens (including phenoxy) is 2. The van der Waals surface area contributed by atoms with Gasteiger partial charge in [-0.2, -0.15) is 9.97 Å². The van der Waals surface area contributed by atoms with Gasteiger partial charge in [0.2, 0.25) is 0 Å². The minimum Gasteiger partial charge on any atom is -0.508 e. The molecule has 0 spiro atoms. The van der Waals surface area contributed by atoms with Crippen LogP contribution in [-0.4, -0.2) is 107 Å². The lowest BCUT2D eigenvalue weighted by Crippen LogP contribution is -2.51. The first-order chi connectivity index (χ1) is 24.1. The summed E-state index contributed by atoms with van der Waals surface area (Å²) in [7, 11) is 3.33. The number of hydrogen-bond donors (Lipinski definition) is 2. The van der Waals surface area contributed by atoms with Crippen molar-refractivity contribution < 1.29 is 28.2 Å². The van der Waals surface area contributed by atoms with Crippen LogP contribution in [0.15, 0.2) is 30.5 Å². The Labute approximate surface area is 288 Å². The number of aromatic nitrogens is 3. The Bertz CT molecular complexity index is 2040. The average molecular weight is 684 g/mol. The number of fused-ring (bicyclic) bond motifs is 5. The van der Waals surface area contributed by atoms with Crippen molar-refractivity contribution in [1.82, 2.24) is 30.1 Å². The highest BCUT2D eigenvalue weighted by Crippen LogP contribution is 2.44. The number of phenols is 1. The van der Waals surface area contributed by atoms with Gasteiger partial charge in [0.25, 0.3) is 0 Å². The number of anilines is 1. The normalized spacial score (nSPS) is 24.5. The largest absolute Gasteiger partial charge is 0.508 e. The molecule has 50 heavy (non-hydrogen) atoms. The van der Waals surface area contributed by atoms with Gasteiger partial charge >= 0.3 is 12.1 Å². The first kappa shape index (κ1) is 32.4. The maximum absolute atomic E-state index is 16.9. The van der Waals surface area contributed by atoms with Gasteiger partial charge < -0.3 is 29.7 Å². The molecule has 0 unspecified atom stereocenters. The Morgan fingerprint density at radius 3 is 2.72 bits per heavy atom. The molecule has 4 atom stereocenters. The number of amides is 1. The van der Waals surface area contributed by atoms with E-state index in [2.05, 4.69) is 31.0 Å². The Kier molecular flexibility index (Phi) is 8.11. The maximum Gasteiger partial charge on any atom is 0.409 e. The smallest absolute Gasteiger partial charge is 0.409 e. The molecule has 1 amide bonds. The predicted octanol–water partition coefficient (Wildman–Crippen LogP) is 4.82. The first-order valence-corrected chi connectivity index (χ1v) is 17.2. The first-order valence-electron chi connectivity index (χ1n) is 17.2. The van der Waals surface area contributed by atoms with Crippen LogP contribution in [0.25, 0.3) is 32.9 Å². The summed E-state index contributed by atoms with van der Waals surface area (Å²) in [6.45, 7) is 2.85. The van der Waals surface area contributed by atoms with Crippen molar-refractivity contribution in [3.63, 3.8) is 0 Å². The van der Waals surface area contributed by atoms with Crippen molar-refractivity contribution in [1.29, 1.82) is 0 Å². The lowest BCUT2D eigenvalue weighted by molar-refractivity contribution is 0.0484. The molecule has 4 saturated heterocycles. The number of nitrogens with one attached hydrogen (secondary N) is 1. The minimum absolute atomic E-state index is 0.0108. The number of aromatic hydroxyl groups is 1. The highest BCUT2D eigenvalue weighted by Gasteiger charge is 2.50. The van der Waals surface area contributed by atoms with Gasteiger partial charge in [0.1, 0.15) is 41.8 Å². The number of hydrogen-bond acceptors (Lipinski definition) is 10. The molecule has 2 aromatic heterocycles. The van der Waals surface area contributed by atoms with Crippen molar-refractivity contribution in [3.8, 4) is 35.4 Å². The molecule has 0 saturated carbocycles. The third-order valence-corrected chi connectivity index (χ3v) is 10.9. The molecule has 0 radical (unpaired) electrons. The average Bonchev–Trinajstić information content (AvgIpc) is 3.78. The molecule has 4 aliphatic rings. The van der Waals surface area contributed by atoms with Crippen molar-refractivity contribution in [3.05, 3.63) is 47.7 Å². The second-order valence-electron chi connectivity index (χ2n) is 14.2. The molecule has 4 fully saturated rings. The molecule has 260 valence electrons. The number of rotatable bonds is 7. The lowest BCUT2D eigenvalue weighted by atomic mass is 9.95. The number of benzene rings is 2. The molecule has 0 aliphatic carbocycles. The Hall–Kier alpha value is -4.80. The van der Waals surface area contributed by atoms with E-state index in [9.17, 15) is 14.3 Å². The van der Waals surface area contributed by atoms with Crippen LogP contribution >= 0.6 is 0 Å². The molecular weight excluding hydrogens is 644 g/mol. The van der Waals surface area contributed by atoms with Crippen molar-refractivity contribution in [2.24, 2.45) is 0 Å². The number of carbonyl (C=O) groups excluding carboxylic acids is 1. The number of nitrogens with zero attached hydrogens (tertiary/aromatic N) is 6. The zero-order valence-corrected chi connectivity index (χ0v) is 28.1. The van der Waals surface area contributed by atoms with Gasteiger partial charge in [-0.15, -0.1) is 6.42 Å². The number of piperazine rings is 1. The van der Waals surface area contributed by atoms with Gasteiger partial charge in [-0.05, 0) is 68.7 Å². The zero-order valence-electron chi connectivity index (χ0n) is 28.1. The zero-order chi connectivity index (χ0) is 34.7. The summed E-state index contributed by atoms with van der Waals surface area (Å²) in [5.74, 6) is 1.40. The number of carbonyl (C=O) groups is 1. The molecule has 2 aromatic carbocycles. The van der Waals surface area contributed by atoms with Crippen LogP contribution in [0.3, 0.4) is 0 Å². The lowest BCUT2D eigenvalue weighted by Gasteiger charge is -2.35. The molecule has 4 aliphatic heterocycles. The van der Waals surface area contributed by atoms with Gasteiger partial charge in [0.15, 0.2) is 5.82 Å². The van der Waals surface area contributed by atoms with Gasteiger partial charge in [-0.3, -0.25) is 9.88 Å². The van der Waals surface area contributed by atoms with Gasteiger partial charge in [-0.1, -0.05) is 12.0 Å². The molecule has 8 rings (SSSR count). The predicted molar refractivity (Wildman–Crippen MR) is 184 cm³/mol. The molecule has 6 heterocycles. The van der Waals surface area contributed by atoms with E-state index < -0.39 is 11.6 Å². The molecule has 2 N–H and O–H groups in total. The van der Waals surface area contributed by atoms with Crippen LogP contribution < -0.4 is 15.0 Å². The number of halogens is 2. The second kappa shape index (κ2) is 12.5. The number of terminal acetylenes is 1. The second-order valence-corrected chi connectivity index (χ2v) is 14.2. The fraction of sp³-hybridized carbons (Fsp3) is 0.459. The summed E-state index contributed by atoms with van der Waals surface area (Å²) in [6.07, 6.45) is 12.6. The van der Waals surface area contributed by atoms with Gasteiger partial charge in [0.05, 0.1) is 16.5 Å². The monoisotopic (exact) mass is 683 g/mol. The number of pyridine rings is 1. The standard InChI is InChI=1S/C37H39F2N7O4/c1-4-26-29(38)9-6-21-14-25(47)15-27(30(21)26)32-31(39)33-28(16-40-32)34(45-17-22-7-8-23(18-45)41-22)43-35(42-33)50-20-37-11-5-13-46(37)24(10-12-37)19-49-36(48)44(2)3/h1,6,9,14-16,22-24,41,47H,5,7-8,10-13,17-20H2,2-3H3/t22-,23+,24-,37-/m1/s1. The summed E-state index contributed by atoms with van der Waals surface area (Å²) < 4.78 is 43.8. The van der Waals surface area contributed by atoms with Crippen molar-refractivity contribution in [2.75, 3.05) is 51.8 Å². The quantitative estimate of drug-likeness (QED) is 0.263. The summed E-state index contributed by atoms with van der Waals surface area (Å²) >= 11 is 0. The number of phenolic OH excluding ortho intramolecular Hbond substituents is 1. The SMILES string of the molecule is C#Cc1c(F)ccc2cc(O)cc(-c3ncc4c(N5C[C@H]6CC[C@@H](C5)N6)nc(OC[C@]56CCCN5[C@@H](COC(=O)N(C)C)CC6)nc4c3F)c12. The highest BCUT2D eigenvalue weighted by molar-refractivity contribution is 6.03. The highest BCUT2D eigenvalue weighted by atomic mass is 19.1.